The molecule has 232 valence electrons. The molecular weight excluding hydrogens is 605 g/mol. The smallest absolute Gasteiger partial charge is 0.105 e. The standard InChI is InChI=1S/C48H30N2/c1-4-12-33(13-5-1)35-20-25-40(26-21-35)50-47-29-24-37(31-44(47)42-27-22-38(32-48(42)50)34-14-6-2-7-15-34)36-23-28-46-43(30-36)41-18-10-11-19-45(41)49(46)39-16-8-3-9-17-39/h1-22,24-27,29-32H. The normalized spacial score (nSPS) is 11.4. The summed E-state index contributed by atoms with van der Waals surface area (Å²) in [6.45, 7) is 0. The van der Waals surface area contributed by atoms with Crippen molar-refractivity contribution in [1.29, 1.82) is 0 Å². The maximum absolute atomic E-state index is 3.57. The summed E-state index contributed by atoms with van der Waals surface area (Å²) in [5.74, 6) is 0. The van der Waals surface area contributed by atoms with Crippen LogP contribution >= 0.6 is 0 Å². The van der Waals surface area contributed by atoms with Crippen LogP contribution in [0, 0.1) is 12.1 Å². The molecular formula is C48H30N2. The second-order valence-electron chi connectivity index (χ2n) is 12.8. The maximum Gasteiger partial charge on any atom is 0.105 e. The number of rotatable bonds is 5. The number of para-hydroxylation sites is 2. The molecule has 10 rings (SSSR count). The summed E-state index contributed by atoms with van der Waals surface area (Å²) in [5.41, 5.74) is 13.8. The molecule has 0 saturated heterocycles. The van der Waals surface area contributed by atoms with Gasteiger partial charge in [-0.05, 0) is 88.5 Å². The van der Waals surface area contributed by atoms with Gasteiger partial charge < -0.3 is 9.13 Å². The Morgan fingerprint density at radius 1 is 0.300 bits per heavy atom. The zero-order chi connectivity index (χ0) is 33.0. The summed E-state index contributed by atoms with van der Waals surface area (Å²) in [4.78, 5) is 0. The molecule has 2 heteroatoms. The van der Waals surface area contributed by atoms with Crippen LogP contribution in [-0.2, 0) is 0 Å². The van der Waals surface area contributed by atoms with Gasteiger partial charge in [0.1, 0.15) is 5.52 Å². The lowest BCUT2D eigenvalue weighted by Gasteiger charge is -2.11. The molecule has 10 aromatic rings. The van der Waals surface area contributed by atoms with Crippen LogP contribution < -0.4 is 0 Å². The molecule has 2 aromatic heterocycles. The molecule has 50 heavy (non-hydrogen) atoms. The molecule has 0 aliphatic carbocycles. The van der Waals surface area contributed by atoms with Crippen LogP contribution in [0.25, 0.3) is 88.4 Å². The van der Waals surface area contributed by atoms with Crippen LogP contribution in [0.2, 0.25) is 0 Å². The van der Waals surface area contributed by atoms with E-state index in [0.29, 0.717) is 0 Å². The minimum absolute atomic E-state index is 1.03. The largest absolute Gasteiger partial charge is 0.309 e. The van der Waals surface area contributed by atoms with E-state index in [0.717, 1.165) is 28.0 Å². The molecule has 0 N–H and O–H groups in total. The average molecular weight is 635 g/mol. The number of hydrogen-bond donors (Lipinski definition) is 0. The Hall–Kier alpha value is -6.82. The SMILES string of the molecule is c1c(-c2ccc3c(c2)c2ccc(-c4ccccc4)cc2n3-c2ccc(-c3ccccc3)cc2)cc2c3ccccc3n(-c3ccccc3)c2c#1. The molecule has 0 saturated carbocycles. The van der Waals surface area contributed by atoms with Crippen LogP contribution in [0.4, 0.5) is 0 Å². The summed E-state index contributed by atoms with van der Waals surface area (Å²) in [7, 11) is 0. The Morgan fingerprint density at radius 3 is 1.62 bits per heavy atom. The van der Waals surface area contributed by atoms with Crippen molar-refractivity contribution in [2.24, 2.45) is 0 Å². The summed E-state index contributed by atoms with van der Waals surface area (Å²) in [6, 6.07) is 72.4. The zero-order valence-electron chi connectivity index (χ0n) is 27.2. The van der Waals surface area contributed by atoms with Gasteiger partial charge in [0.15, 0.2) is 0 Å². The van der Waals surface area contributed by atoms with E-state index >= 15 is 0 Å². The van der Waals surface area contributed by atoms with Crippen LogP contribution in [0.3, 0.4) is 0 Å². The van der Waals surface area contributed by atoms with Crippen molar-refractivity contribution in [3.8, 4) is 44.8 Å². The minimum atomic E-state index is 1.03. The van der Waals surface area contributed by atoms with Gasteiger partial charge in [-0.15, -0.1) is 0 Å². The highest BCUT2D eigenvalue weighted by Gasteiger charge is 2.17. The Morgan fingerprint density at radius 2 is 0.860 bits per heavy atom. The number of nitrogens with zero attached hydrogens (tertiary/aromatic N) is 2. The van der Waals surface area contributed by atoms with Crippen molar-refractivity contribution in [1.82, 2.24) is 9.13 Å². The van der Waals surface area contributed by atoms with Crippen molar-refractivity contribution >= 4 is 43.6 Å². The van der Waals surface area contributed by atoms with Crippen molar-refractivity contribution in [3.05, 3.63) is 194 Å². The van der Waals surface area contributed by atoms with E-state index in [-0.39, 0.29) is 0 Å². The summed E-state index contributed by atoms with van der Waals surface area (Å²) < 4.78 is 4.69. The highest BCUT2D eigenvalue weighted by atomic mass is 15.0. The van der Waals surface area contributed by atoms with E-state index in [1.165, 1.54) is 60.3 Å². The van der Waals surface area contributed by atoms with Crippen LogP contribution in [-0.4, -0.2) is 9.13 Å². The molecule has 0 aliphatic rings. The summed E-state index contributed by atoms with van der Waals surface area (Å²) >= 11 is 0. The number of hydrogen-bond acceptors (Lipinski definition) is 0. The van der Waals surface area contributed by atoms with Gasteiger partial charge in [-0.1, -0.05) is 133 Å². The Bertz CT molecular complexity index is 2820. The summed E-state index contributed by atoms with van der Waals surface area (Å²) in [6.07, 6.45) is 0. The fourth-order valence-electron chi connectivity index (χ4n) is 7.55. The van der Waals surface area contributed by atoms with Crippen molar-refractivity contribution < 1.29 is 0 Å². The molecule has 0 aliphatic heterocycles. The van der Waals surface area contributed by atoms with Crippen LogP contribution in [0.15, 0.2) is 182 Å². The molecule has 0 fully saturated rings. The third-order valence-corrected chi connectivity index (χ3v) is 9.95. The molecule has 0 bridgehead atoms. The predicted octanol–water partition coefficient (Wildman–Crippen LogP) is 12.5. The zero-order valence-corrected chi connectivity index (χ0v) is 27.2. The molecule has 8 aromatic carbocycles. The first-order chi connectivity index (χ1) is 24.8. The third kappa shape index (κ3) is 4.53. The van der Waals surface area contributed by atoms with E-state index < -0.39 is 0 Å². The van der Waals surface area contributed by atoms with Gasteiger partial charge in [0.05, 0.1) is 16.6 Å². The van der Waals surface area contributed by atoms with Crippen molar-refractivity contribution in [2.45, 2.75) is 0 Å². The van der Waals surface area contributed by atoms with Crippen LogP contribution in [0.5, 0.6) is 0 Å². The first-order valence-corrected chi connectivity index (χ1v) is 17.0. The lowest BCUT2D eigenvalue weighted by atomic mass is 10.0. The number of benzene rings is 7. The Balaban J connectivity index is 1.16. The minimum Gasteiger partial charge on any atom is -0.309 e. The van der Waals surface area contributed by atoms with Gasteiger partial charge in [0.25, 0.3) is 0 Å². The third-order valence-electron chi connectivity index (χ3n) is 9.95. The van der Waals surface area contributed by atoms with Gasteiger partial charge in [0.2, 0.25) is 0 Å². The molecule has 2 heterocycles. The fraction of sp³-hybridized carbons (Fsp3) is 0. The number of fused-ring (bicyclic) bond motifs is 6. The molecule has 0 spiro atoms. The molecule has 0 amide bonds. The van der Waals surface area contributed by atoms with Crippen LogP contribution in [0.1, 0.15) is 0 Å². The average Bonchev–Trinajstić information content (AvgIpc) is 3.70. The molecule has 0 atom stereocenters. The second kappa shape index (κ2) is 11.4. The Labute approximate surface area is 290 Å². The lowest BCUT2D eigenvalue weighted by Crippen LogP contribution is -1.94. The van der Waals surface area contributed by atoms with Crippen molar-refractivity contribution in [3.63, 3.8) is 0 Å². The first-order valence-electron chi connectivity index (χ1n) is 17.0. The Kier molecular flexibility index (Phi) is 6.44. The molecule has 0 unspecified atom stereocenters. The maximum atomic E-state index is 3.57. The second-order valence-corrected chi connectivity index (χ2v) is 12.8. The highest BCUT2D eigenvalue weighted by Crippen LogP contribution is 2.39. The van der Waals surface area contributed by atoms with Gasteiger partial charge in [-0.3, -0.25) is 0 Å². The topological polar surface area (TPSA) is 9.86 Å². The van der Waals surface area contributed by atoms with Gasteiger partial charge in [0, 0.05) is 38.5 Å². The van der Waals surface area contributed by atoms with E-state index in [1.54, 1.807) is 0 Å². The van der Waals surface area contributed by atoms with Gasteiger partial charge in [-0.25, -0.2) is 0 Å². The van der Waals surface area contributed by atoms with E-state index in [1.807, 2.05) is 0 Å². The highest BCUT2D eigenvalue weighted by molar-refractivity contribution is 6.12. The lowest BCUT2D eigenvalue weighted by molar-refractivity contribution is 1.18. The van der Waals surface area contributed by atoms with Gasteiger partial charge in [-0.2, -0.15) is 0 Å². The first kappa shape index (κ1) is 28.2. The molecule has 2 nitrogen and oxygen atoms in total. The monoisotopic (exact) mass is 634 g/mol. The van der Waals surface area contributed by atoms with Gasteiger partial charge >= 0.3 is 0 Å². The quantitative estimate of drug-likeness (QED) is 0.178. The number of aromatic nitrogens is 2. The van der Waals surface area contributed by atoms with E-state index in [2.05, 4.69) is 203 Å². The summed E-state index contributed by atoms with van der Waals surface area (Å²) in [5, 5.41) is 4.82. The van der Waals surface area contributed by atoms with Crippen molar-refractivity contribution in [2.75, 3.05) is 0 Å². The predicted molar refractivity (Wildman–Crippen MR) is 209 cm³/mol. The van der Waals surface area contributed by atoms with E-state index in [9.17, 15) is 0 Å². The molecule has 0 radical (unpaired) electrons. The van der Waals surface area contributed by atoms with E-state index in [4.69, 9.17) is 0 Å². The fourth-order valence-corrected chi connectivity index (χ4v) is 7.55.